The van der Waals surface area contributed by atoms with Crippen LogP contribution in [0.4, 0.5) is 0 Å². The van der Waals surface area contributed by atoms with Crippen molar-refractivity contribution in [2.75, 3.05) is 19.6 Å². The van der Waals surface area contributed by atoms with Crippen molar-refractivity contribution in [3.8, 4) is 0 Å². The Kier molecular flexibility index (Phi) is 6.35. The number of amides is 2. The average Bonchev–Trinajstić information content (AvgIpc) is 3.52. The number of thiazole rings is 1. The van der Waals surface area contributed by atoms with Crippen LogP contribution in [0.3, 0.4) is 0 Å². The van der Waals surface area contributed by atoms with Crippen molar-refractivity contribution in [1.29, 1.82) is 0 Å². The number of hydrogen-bond donors (Lipinski definition) is 1. The summed E-state index contributed by atoms with van der Waals surface area (Å²) < 4.78 is 2.91. The summed E-state index contributed by atoms with van der Waals surface area (Å²) in [6, 6.07) is 9.44. The summed E-state index contributed by atoms with van der Waals surface area (Å²) in [7, 11) is 0. The number of nitrogens with one attached hydrogen (secondary N) is 1. The van der Waals surface area contributed by atoms with Crippen LogP contribution in [0, 0.1) is 5.92 Å². The maximum absolute atomic E-state index is 12.9. The number of imidazole rings is 1. The third-order valence-electron chi connectivity index (χ3n) is 6.46. The van der Waals surface area contributed by atoms with E-state index in [1.807, 2.05) is 57.5 Å². The van der Waals surface area contributed by atoms with Crippen LogP contribution in [0.15, 0.2) is 54.4 Å². The first-order valence-corrected chi connectivity index (χ1v) is 12.4. The highest BCUT2D eigenvalue weighted by molar-refractivity contribution is 7.16. The maximum atomic E-state index is 12.9. The van der Waals surface area contributed by atoms with Crippen LogP contribution in [0.2, 0.25) is 0 Å². The number of likely N-dealkylation sites (tertiary alicyclic amines) is 1. The lowest BCUT2D eigenvalue weighted by Gasteiger charge is -2.32. The number of fused-ring (bicyclic) bond motifs is 2. The lowest BCUT2D eigenvalue weighted by Crippen LogP contribution is -2.38. The Morgan fingerprint density at radius 2 is 1.91 bits per heavy atom. The number of unbranched alkanes of at least 4 members (excludes halogenated alkanes) is 1. The molecule has 1 saturated heterocycles. The zero-order valence-corrected chi connectivity index (χ0v) is 19.3. The molecule has 1 aromatic carbocycles. The Hall–Kier alpha value is -3.26. The van der Waals surface area contributed by atoms with E-state index in [-0.39, 0.29) is 11.8 Å². The average molecular weight is 462 g/mol. The third-order valence-corrected chi connectivity index (χ3v) is 7.25. The highest BCUT2D eigenvalue weighted by Crippen LogP contribution is 2.25. The fraction of sp³-hybridized carbons (Fsp3) is 0.360. The van der Waals surface area contributed by atoms with Gasteiger partial charge in [0.1, 0.15) is 5.65 Å². The first-order valence-electron chi connectivity index (χ1n) is 11.5. The van der Waals surface area contributed by atoms with Crippen LogP contribution in [0.5, 0.6) is 0 Å². The van der Waals surface area contributed by atoms with Crippen molar-refractivity contribution in [3.05, 3.63) is 65.6 Å². The molecule has 0 radical (unpaired) electrons. The molecule has 170 valence electrons. The first kappa shape index (κ1) is 21.6. The zero-order chi connectivity index (χ0) is 22.6. The Morgan fingerprint density at radius 3 is 2.79 bits per heavy atom. The number of pyridine rings is 1. The lowest BCUT2D eigenvalue weighted by molar-refractivity contribution is 0.0686. The molecule has 8 heteroatoms. The van der Waals surface area contributed by atoms with Crippen molar-refractivity contribution >= 4 is 39.0 Å². The van der Waals surface area contributed by atoms with Gasteiger partial charge in [-0.25, -0.2) is 9.97 Å². The van der Waals surface area contributed by atoms with Crippen LogP contribution in [0.1, 0.15) is 52.8 Å². The fourth-order valence-corrected chi connectivity index (χ4v) is 5.23. The molecule has 1 aliphatic heterocycles. The maximum Gasteiger partial charge on any atom is 0.253 e. The van der Waals surface area contributed by atoms with Gasteiger partial charge in [0.05, 0.1) is 21.3 Å². The number of aromatic nitrogens is 3. The van der Waals surface area contributed by atoms with Gasteiger partial charge in [0.25, 0.3) is 11.8 Å². The van der Waals surface area contributed by atoms with Gasteiger partial charge in [-0.1, -0.05) is 12.8 Å². The second kappa shape index (κ2) is 9.70. The summed E-state index contributed by atoms with van der Waals surface area (Å²) in [6.45, 7) is 2.31. The van der Waals surface area contributed by atoms with Gasteiger partial charge in [-0.2, -0.15) is 0 Å². The largest absolute Gasteiger partial charge is 0.352 e. The van der Waals surface area contributed by atoms with E-state index in [9.17, 15) is 9.59 Å². The second-order valence-corrected chi connectivity index (χ2v) is 9.52. The molecule has 2 amide bonds. The molecule has 0 bridgehead atoms. The smallest absolute Gasteiger partial charge is 0.253 e. The molecule has 0 unspecified atom stereocenters. The molecule has 3 aromatic heterocycles. The topological polar surface area (TPSA) is 79.6 Å². The fourth-order valence-electron chi connectivity index (χ4n) is 4.51. The van der Waals surface area contributed by atoms with Gasteiger partial charge in [-0.15, -0.1) is 11.3 Å². The molecular formula is C25H27N5O2S. The highest BCUT2D eigenvalue weighted by atomic mass is 32.1. The number of hydrogen-bond acceptors (Lipinski definition) is 5. The van der Waals surface area contributed by atoms with Gasteiger partial charge >= 0.3 is 0 Å². The van der Waals surface area contributed by atoms with E-state index in [1.54, 1.807) is 17.5 Å². The Balaban J connectivity index is 1.01. The number of piperidine rings is 1. The molecule has 0 atom stereocenters. The standard InChI is InChI=1S/C25H27N5O2S/c31-24(20-5-7-23-26-11-14-30(23)16-20)27-10-2-1-3-18-8-12-29(13-9-18)25(32)19-4-6-21-22(15-19)33-17-28-21/h4-7,11,14-18H,1-3,8-10,12-13H2,(H,27,31). The predicted molar refractivity (Wildman–Crippen MR) is 130 cm³/mol. The molecule has 0 spiro atoms. The quantitative estimate of drug-likeness (QED) is 0.414. The van der Waals surface area contributed by atoms with Gasteiger partial charge in [0.2, 0.25) is 0 Å². The Labute approximate surface area is 196 Å². The molecular weight excluding hydrogens is 434 g/mol. The minimum absolute atomic E-state index is 0.0473. The van der Waals surface area contributed by atoms with Gasteiger partial charge in [0.15, 0.2) is 0 Å². The molecule has 7 nitrogen and oxygen atoms in total. The van der Waals surface area contributed by atoms with E-state index in [2.05, 4.69) is 15.3 Å². The van der Waals surface area contributed by atoms with E-state index in [0.29, 0.717) is 18.0 Å². The van der Waals surface area contributed by atoms with Crippen molar-refractivity contribution in [1.82, 2.24) is 24.6 Å². The van der Waals surface area contributed by atoms with Crippen LogP contribution < -0.4 is 5.32 Å². The summed E-state index contributed by atoms with van der Waals surface area (Å²) in [5.74, 6) is 0.728. The summed E-state index contributed by atoms with van der Waals surface area (Å²) >= 11 is 1.57. The molecule has 1 N–H and O–H groups in total. The summed E-state index contributed by atoms with van der Waals surface area (Å²) in [6.07, 6.45) is 10.7. The molecule has 1 fully saturated rings. The lowest BCUT2D eigenvalue weighted by atomic mass is 9.91. The predicted octanol–water partition coefficient (Wildman–Crippen LogP) is 4.40. The van der Waals surface area contributed by atoms with E-state index < -0.39 is 0 Å². The van der Waals surface area contributed by atoms with Gasteiger partial charge in [0, 0.05) is 43.8 Å². The van der Waals surface area contributed by atoms with Crippen LogP contribution in [0.25, 0.3) is 15.9 Å². The highest BCUT2D eigenvalue weighted by Gasteiger charge is 2.23. The number of benzene rings is 1. The number of rotatable bonds is 7. The number of carbonyl (C=O) groups is 2. The summed E-state index contributed by atoms with van der Waals surface area (Å²) in [4.78, 5) is 35.7. The number of nitrogens with zero attached hydrogens (tertiary/aromatic N) is 4. The molecule has 4 aromatic rings. The van der Waals surface area contributed by atoms with Crippen molar-refractivity contribution in [2.24, 2.45) is 5.92 Å². The molecule has 33 heavy (non-hydrogen) atoms. The van der Waals surface area contributed by atoms with E-state index in [1.165, 1.54) is 0 Å². The molecule has 1 aliphatic rings. The van der Waals surface area contributed by atoms with Crippen molar-refractivity contribution < 1.29 is 9.59 Å². The van der Waals surface area contributed by atoms with E-state index in [4.69, 9.17) is 0 Å². The van der Waals surface area contributed by atoms with Crippen LogP contribution in [-0.4, -0.2) is 50.7 Å². The van der Waals surface area contributed by atoms with Gasteiger partial charge < -0.3 is 14.6 Å². The second-order valence-electron chi connectivity index (χ2n) is 8.63. The first-order chi connectivity index (χ1) is 16.2. The molecule has 5 rings (SSSR count). The normalized spacial score (nSPS) is 14.7. The Bertz CT molecular complexity index is 1270. The van der Waals surface area contributed by atoms with Crippen LogP contribution in [-0.2, 0) is 0 Å². The summed E-state index contributed by atoms with van der Waals surface area (Å²) in [5.41, 5.74) is 5.00. The van der Waals surface area contributed by atoms with Crippen molar-refractivity contribution in [2.45, 2.75) is 32.1 Å². The monoisotopic (exact) mass is 461 g/mol. The van der Waals surface area contributed by atoms with Crippen molar-refractivity contribution in [3.63, 3.8) is 0 Å². The minimum Gasteiger partial charge on any atom is -0.352 e. The minimum atomic E-state index is -0.0473. The summed E-state index contributed by atoms with van der Waals surface area (Å²) in [5, 5.41) is 3.02. The van der Waals surface area contributed by atoms with Gasteiger partial charge in [-0.05, 0) is 55.5 Å². The molecule has 0 aliphatic carbocycles. The van der Waals surface area contributed by atoms with E-state index >= 15 is 0 Å². The van der Waals surface area contributed by atoms with E-state index in [0.717, 1.165) is 66.6 Å². The number of carbonyl (C=O) groups excluding carboxylic acids is 2. The molecule has 0 saturated carbocycles. The zero-order valence-electron chi connectivity index (χ0n) is 18.4. The molecule has 4 heterocycles. The SMILES string of the molecule is O=C(NCCCCC1CCN(C(=O)c2ccc3ncsc3c2)CC1)c1ccc2nccn2c1. The Morgan fingerprint density at radius 1 is 1.06 bits per heavy atom. The third kappa shape index (κ3) is 4.90. The van der Waals surface area contributed by atoms with Gasteiger partial charge in [-0.3, -0.25) is 9.59 Å². The van der Waals surface area contributed by atoms with Crippen LogP contribution >= 0.6 is 11.3 Å².